The smallest absolute Gasteiger partial charge is 0.135 e. The monoisotopic (exact) mass is 417 g/mol. The van der Waals surface area contributed by atoms with E-state index in [0.29, 0.717) is 18.1 Å². The molecule has 1 aliphatic heterocycles. The Balaban J connectivity index is 1.83. The molecule has 0 aromatic heterocycles. The molecular formula is C16H21Br2NO2. The first-order valence-corrected chi connectivity index (χ1v) is 8.95. The minimum absolute atomic E-state index is 0.158. The maximum absolute atomic E-state index is 5.97. The van der Waals surface area contributed by atoms with Crippen LogP contribution < -0.4 is 10.1 Å². The minimum Gasteiger partial charge on any atom is -0.495 e. The third kappa shape index (κ3) is 2.62. The van der Waals surface area contributed by atoms with Crippen LogP contribution in [-0.4, -0.2) is 25.9 Å². The summed E-state index contributed by atoms with van der Waals surface area (Å²) >= 11 is 7.15. The van der Waals surface area contributed by atoms with Crippen LogP contribution in [-0.2, 0) is 4.74 Å². The number of fused-ring (bicyclic) bond motifs is 1. The highest BCUT2D eigenvalue weighted by Gasteiger charge is 2.57. The molecule has 1 saturated carbocycles. The van der Waals surface area contributed by atoms with Crippen molar-refractivity contribution in [3.05, 3.63) is 21.1 Å². The molecule has 1 aromatic carbocycles. The Kier molecular flexibility index (Phi) is 4.27. The summed E-state index contributed by atoms with van der Waals surface area (Å²) in [5.41, 5.74) is 1.24. The molecule has 5 heteroatoms. The van der Waals surface area contributed by atoms with Crippen LogP contribution in [0.15, 0.2) is 21.1 Å². The second-order valence-corrected chi connectivity index (χ2v) is 8.22. The average Bonchev–Trinajstić information content (AvgIpc) is 2.46. The number of anilines is 1. The molecule has 0 amide bonds. The highest BCUT2D eigenvalue weighted by atomic mass is 79.9. The zero-order valence-electron chi connectivity index (χ0n) is 12.6. The summed E-state index contributed by atoms with van der Waals surface area (Å²) in [4.78, 5) is 0. The van der Waals surface area contributed by atoms with Crippen LogP contribution in [0.4, 0.5) is 5.69 Å². The van der Waals surface area contributed by atoms with Crippen LogP contribution in [0.1, 0.15) is 26.7 Å². The number of methoxy groups -OCH3 is 1. The van der Waals surface area contributed by atoms with Crippen LogP contribution in [0.5, 0.6) is 5.75 Å². The molecule has 1 saturated heterocycles. The molecular weight excluding hydrogens is 398 g/mol. The standard InChI is InChI=1S/C16H21Br2NO2/c1-16(2)14(9-5-4-6-21-15(9)16)19-12-8-13(20-3)11(18)7-10(12)17/h7-9,14-15,19H,4-6H2,1-3H3. The first-order valence-electron chi connectivity index (χ1n) is 7.36. The van der Waals surface area contributed by atoms with Crippen LogP contribution in [0.2, 0.25) is 0 Å². The van der Waals surface area contributed by atoms with Crippen LogP contribution >= 0.6 is 31.9 Å². The van der Waals surface area contributed by atoms with Gasteiger partial charge in [-0.3, -0.25) is 0 Å². The van der Waals surface area contributed by atoms with Crippen molar-refractivity contribution in [3.63, 3.8) is 0 Å². The molecule has 3 nitrogen and oxygen atoms in total. The van der Waals surface area contributed by atoms with Gasteiger partial charge in [-0.25, -0.2) is 0 Å². The molecule has 2 fully saturated rings. The van der Waals surface area contributed by atoms with E-state index in [-0.39, 0.29) is 5.41 Å². The number of rotatable bonds is 3. The third-order valence-electron chi connectivity index (χ3n) is 4.88. The number of benzene rings is 1. The normalized spacial score (nSPS) is 30.2. The quantitative estimate of drug-likeness (QED) is 0.761. The fourth-order valence-corrected chi connectivity index (χ4v) is 5.05. The number of ether oxygens (including phenoxy) is 2. The molecule has 0 spiro atoms. The summed E-state index contributed by atoms with van der Waals surface area (Å²) in [6, 6.07) is 4.51. The van der Waals surface area contributed by atoms with Crippen molar-refractivity contribution < 1.29 is 9.47 Å². The highest BCUT2D eigenvalue weighted by molar-refractivity contribution is 9.11. The molecule has 0 bridgehead atoms. The Morgan fingerprint density at radius 1 is 1.29 bits per heavy atom. The Morgan fingerprint density at radius 3 is 2.76 bits per heavy atom. The van der Waals surface area contributed by atoms with Gasteiger partial charge in [0.2, 0.25) is 0 Å². The van der Waals surface area contributed by atoms with Crippen molar-refractivity contribution in [2.45, 2.75) is 38.8 Å². The van der Waals surface area contributed by atoms with Gasteiger partial charge in [0, 0.05) is 34.5 Å². The van der Waals surface area contributed by atoms with Gasteiger partial charge in [0.25, 0.3) is 0 Å². The van der Waals surface area contributed by atoms with E-state index >= 15 is 0 Å². The van der Waals surface area contributed by atoms with Crippen LogP contribution in [0.25, 0.3) is 0 Å². The maximum atomic E-state index is 5.97. The topological polar surface area (TPSA) is 30.5 Å². The zero-order valence-corrected chi connectivity index (χ0v) is 15.8. The zero-order chi connectivity index (χ0) is 15.2. The van der Waals surface area contributed by atoms with E-state index in [1.54, 1.807) is 7.11 Å². The second-order valence-electron chi connectivity index (χ2n) is 6.51. The first-order chi connectivity index (χ1) is 9.95. The first kappa shape index (κ1) is 15.6. The van der Waals surface area contributed by atoms with Crippen LogP contribution in [0, 0.1) is 11.3 Å². The van der Waals surface area contributed by atoms with Gasteiger partial charge >= 0.3 is 0 Å². The predicted molar refractivity (Wildman–Crippen MR) is 92.0 cm³/mol. The largest absolute Gasteiger partial charge is 0.495 e. The molecule has 1 heterocycles. The highest BCUT2D eigenvalue weighted by Crippen LogP contribution is 2.53. The lowest BCUT2D eigenvalue weighted by Gasteiger charge is -2.60. The molecule has 1 aromatic rings. The Morgan fingerprint density at radius 2 is 2.05 bits per heavy atom. The Labute approximate surface area is 143 Å². The third-order valence-corrected chi connectivity index (χ3v) is 6.16. The van der Waals surface area contributed by atoms with Crippen molar-refractivity contribution in [1.82, 2.24) is 0 Å². The van der Waals surface area contributed by atoms with E-state index in [0.717, 1.165) is 27.0 Å². The average molecular weight is 419 g/mol. The molecule has 2 aliphatic rings. The van der Waals surface area contributed by atoms with Gasteiger partial charge < -0.3 is 14.8 Å². The van der Waals surface area contributed by atoms with Gasteiger partial charge in [0.15, 0.2) is 0 Å². The second kappa shape index (κ2) is 5.74. The van der Waals surface area contributed by atoms with Crippen molar-refractivity contribution in [1.29, 1.82) is 0 Å². The van der Waals surface area contributed by atoms with Gasteiger partial charge in [-0.2, -0.15) is 0 Å². The lowest BCUT2D eigenvalue weighted by atomic mass is 9.55. The van der Waals surface area contributed by atoms with E-state index in [2.05, 4.69) is 51.0 Å². The summed E-state index contributed by atoms with van der Waals surface area (Å²) in [5, 5.41) is 3.71. The molecule has 3 unspecified atom stereocenters. The number of halogens is 2. The van der Waals surface area contributed by atoms with E-state index in [9.17, 15) is 0 Å². The molecule has 0 radical (unpaired) electrons. The number of hydrogen-bond donors (Lipinski definition) is 1. The lowest BCUT2D eigenvalue weighted by Crippen LogP contribution is -2.67. The predicted octanol–water partition coefficient (Wildman–Crippen LogP) is 4.84. The van der Waals surface area contributed by atoms with Crippen LogP contribution in [0.3, 0.4) is 0 Å². The molecule has 21 heavy (non-hydrogen) atoms. The fraction of sp³-hybridized carbons (Fsp3) is 0.625. The summed E-state index contributed by atoms with van der Waals surface area (Å²) in [7, 11) is 1.69. The summed E-state index contributed by atoms with van der Waals surface area (Å²) in [6.07, 6.45) is 2.80. The van der Waals surface area contributed by atoms with Gasteiger partial charge in [-0.1, -0.05) is 13.8 Å². The summed E-state index contributed by atoms with van der Waals surface area (Å²) < 4.78 is 13.4. The molecule has 3 atom stereocenters. The fourth-order valence-electron chi connectivity index (χ4n) is 3.78. The Bertz CT molecular complexity index is 547. The van der Waals surface area contributed by atoms with E-state index < -0.39 is 0 Å². The SMILES string of the molecule is COc1cc(NC2C3CCCOC3C2(C)C)c(Br)cc1Br. The van der Waals surface area contributed by atoms with E-state index in [1.807, 2.05) is 12.1 Å². The number of hydrogen-bond acceptors (Lipinski definition) is 3. The van der Waals surface area contributed by atoms with E-state index in [4.69, 9.17) is 9.47 Å². The van der Waals surface area contributed by atoms with Gasteiger partial charge in [-0.05, 0) is 50.8 Å². The molecule has 1 N–H and O–H groups in total. The molecule has 116 valence electrons. The van der Waals surface area contributed by atoms with Crippen molar-refractivity contribution >= 4 is 37.5 Å². The lowest BCUT2D eigenvalue weighted by molar-refractivity contribution is -0.177. The Hall–Kier alpha value is -0.260. The van der Waals surface area contributed by atoms with Gasteiger partial charge in [0.05, 0.1) is 23.4 Å². The number of nitrogens with one attached hydrogen (secondary N) is 1. The minimum atomic E-state index is 0.158. The van der Waals surface area contributed by atoms with Gasteiger partial charge in [-0.15, -0.1) is 0 Å². The molecule has 1 aliphatic carbocycles. The van der Waals surface area contributed by atoms with E-state index in [1.165, 1.54) is 12.8 Å². The molecule has 3 rings (SSSR count). The maximum Gasteiger partial charge on any atom is 0.135 e. The van der Waals surface area contributed by atoms with Crippen molar-refractivity contribution in [2.24, 2.45) is 11.3 Å². The van der Waals surface area contributed by atoms with Gasteiger partial charge in [0.1, 0.15) is 5.75 Å². The summed E-state index contributed by atoms with van der Waals surface area (Å²) in [5.74, 6) is 1.45. The van der Waals surface area contributed by atoms with Crippen molar-refractivity contribution in [2.75, 3.05) is 19.0 Å². The summed E-state index contributed by atoms with van der Waals surface area (Å²) in [6.45, 7) is 5.50. The van der Waals surface area contributed by atoms with Crippen molar-refractivity contribution in [3.8, 4) is 5.75 Å².